The van der Waals surface area contributed by atoms with E-state index in [0.29, 0.717) is 11.5 Å². The van der Waals surface area contributed by atoms with Gasteiger partial charge in [0.15, 0.2) is 0 Å². The van der Waals surface area contributed by atoms with Crippen LogP contribution in [0.2, 0.25) is 0 Å². The van der Waals surface area contributed by atoms with Crippen LogP contribution in [0, 0.1) is 19.3 Å². The molecule has 1 nitrogen and oxygen atoms in total. The molecule has 0 aromatic heterocycles. The van der Waals surface area contributed by atoms with Crippen LogP contribution in [-0.2, 0) is 6.42 Å². The van der Waals surface area contributed by atoms with Crippen molar-refractivity contribution in [2.45, 2.75) is 53.5 Å². The lowest BCUT2D eigenvalue weighted by Gasteiger charge is -2.26. The van der Waals surface area contributed by atoms with Crippen LogP contribution < -0.4 is 5.32 Å². The molecule has 0 heterocycles. The van der Waals surface area contributed by atoms with Crippen molar-refractivity contribution in [3.8, 4) is 0 Å². The topological polar surface area (TPSA) is 12.0 Å². The second-order valence-electron chi connectivity index (χ2n) is 6.32. The van der Waals surface area contributed by atoms with Gasteiger partial charge in [-0.05, 0) is 55.8 Å². The molecule has 0 aliphatic rings. The number of aryl methyl sites for hydroxylation is 2. The highest BCUT2D eigenvalue weighted by Crippen LogP contribution is 2.24. The van der Waals surface area contributed by atoms with Crippen LogP contribution in [0.5, 0.6) is 0 Å². The molecule has 1 atom stereocenters. The van der Waals surface area contributed by atoms with Gasteiger partial charge in [-0.3, -0.25) is 0 Å². The molecule has 0 fully saturated rings. The second-order valence-corrected chi connectivity index (χ2v) is 6.32. The Morgan fingerprint density at radius 2 is 1.65 bits per heavy atom. The fourth-order valence-electron chi connectivity index (χ4n) is 2.43. The van der Waals surface area contributed by atoms with Gasteiger partial charge in [-0.25, -0.2) is 0 Å². The van der Waals surface area contributed by atoms with Crippen LogP contribution in [-0.4, -0.2) is 13.1 Å². The van der Waals surface area contributed by atoms with Gasteiger partial charge in [-0.2, -0.15) is 0 Å². The zero-order valence-electron chi connectivity index (χ0n) is 12.2. The van der Waals surface area contributed by atoms with Crippen LogP contribution >= 0.6 is 0 Å². The van der Waals surface area contributed by atoms with Gasteiger partial charge in [-0.1, -0.05) is 39.0 Å². The number of benzene rings is 1. The molecule has 0 amide bonds. The zero-order chi connectivity index (χ0) is 13.1. The maximum atomic E-state index is 3.46. The second kappa shape index (κ2) is 5.68. The minimum absolute atomic E-state index is 0.379. The molecule has 0 saturated heterocycles. The van der Waals surface area contributed by atoms with Crippen LogP contribution in [0.4, 0.5) is 0 Å². The van der Waals surface area contributed by atoms with Gasteiger partial charge in [0.1, 0.15) is 0 Å². The summed E-state index contributed by atoms with van der Waals surface area (Å²) in [6.45, 7) is 11.4. The summed E-state index contributed by atoms with van der Waals surface area (Å²) >= 11 is 0. The standard InChI is InChI=1S/C16H27N/c1-12-8-7-9-13(2)15(12)10-14(17-6)11-16(3,4)5/h7-9,14,17H,10-11H2,1-6H3. The van der Waals surface area contributed by atoms with Crippen LogP contribution in [0.15, 0.2) is 18.2 Å². The summed E-state index contributed by atoms with van der Waals surface area (Å²) in [5, 5.41) is 3.46. The molecule has 17 heavy (non-hydrogen) atoms. The lowest BCUT2D eigenvalue weighted by Crippen LogP contribution is -2.32. The number of likely N-dealkylation sites (N-methyl/N-ethyl adjacent to an activating group) is 1. The van der Waals surface area contributed by atoms with E-state index >= 15 is 0 Å². The summed E-state index contributed by atoms with van der Waals surface area (Å²) in [5.41, 5.74) is 4.72. The smallest absolute Gasteiger partial charge is 0.0110 e. The first-order chi connectivity index (χ1) is 7.83. The van der Waals surface area contributed by atoms with E-state index in [2.05, 4.69) is 65.2 Å². The molecule has 96 valence electrons. The van der Waals surface area contributed by atoms with Crippen molar-refractivity contribution in [2.24, 2.45) is 5.41 Å². The highest BCUT2D eigenvalue weighted by atomic mass is 14.9. The van der Waals surface area contributed by atoms with Gasteiger partial charge >= 0.3 is 0 Å². The molecule has 1 rings (SSSR count). The maximum Gasteiger partial charge on any atom is 0.0110 e. The van der Waals surface area contributed by atoms with Gasteiger partial charge in [0.2, 0.25) is 0 Å². The van der Waals surface area contributed by atoms with E-state index in [4.69, 9.17) is 0 Å². The predicted molar refractivity (Wildman–Crippen MR) is 76.5 cm³/mol. The van der Waals surface area contributed by atoms with E-state index in [9.17, 15) is 0 Å². The average molecular weight is 233 g/mol. The Balaban J connectivity index is 2.81. The normalized spacial score (nSPS) is 13.8. The molecule has 1 aromatic carbocycles. The van der Waals surface area contributed by atoms with Gasteiger partial charge in [0.25, 0.3) is 0 Å². The molecule has 1 heteroatoms. The molecule has 0 aliphatic carbocycles. The third-order valence-electron chi connectivity index (χ3n) is 3.36. The molecule has 0 saturated carbocycles. The van der Waals surface area contributed by atoms with Crippen molar-refractivity contribution >= 4 is 0 Å². The SMILES string of the molecule is CNC(Cc1c(C)cccc1C)CC(C)(C)C. The first-order valence-corrected chi connectivity index (χ1v) is 6.56. The lowest BCUT2D eigenvalue weighted by atomic mass is 9.84. The summed E-state index contributed by atoms with van der Waals surface area (Å²) in [6.07, 6.45) is 2.34. The van der Waals surface area contributed by atoms with E-state index in [0.717, 1.165) is 6.42 Å². The highest BCUT2D eigenvalue weighted by molar-refractivity contribution is 5.34. The van der Waals surface area contributed by atoms with Gasteiger partial charge in [-0.15, -0.1) is 0 Å². The fraction of sp³-hybridized carbons (Fsp3) is 0.625. The number of rotatable bonds is 4. The molecule has 0 bridgehead atoms. The summed E-state index contributed by atoms with van der Waals surface area (Å²) < 4.78 is 0. The molecule has 1 N–H and O–H groups in total. The van der Waals surface area contributed by atoms with E-state index in [-0.39, 0.29) is 0 Å². The van der Waals surface area contributed by atoms with Gasteiger partial charge in [0.05, 0.1) is 0 Å². The number of hydrogen-bond donors (Lipinski definition) is 1. The quantitative estimate of drug-likeness (QED) is 0.832. The van der Waals surface area contributed by atoms with E-state index in [1.165, 1.54) is 23.1 Å². The molecule has 0 radical (unpaired) electrons. The Kier molecular flexibility index (Phi) is 4.76. The molecular weight excluding hydrogens is 206 g/mol. The monoisotopic (exact) mass is 233 g/mol. The zero-order valence-corrected chi connectivity index (χ0v) is 12.2. The Hall–Kier alpha value is -0.820. The third kappa shape index (κ3) is 4.51. The summed E-state index contributed by atoms with van der Waals surface area (Å²) in [6, 6.07) is 7.14. The number of nitrogens with one attached hydrogen (secondary N) is 1. The fourth-order valence-corrected chi connectivity index (χ4v) is 2.43. The first kappa shape index (κ1) is 14.2. The Morgan fingerprint density at radius 1 is 1.12 bits per heavy atom. The van der Waals surface area contributed by atoms with Crippen LogP contribution in [0.25, 0.3) is 0 Å². The maximum absolute atomic E-state index is 3.46. The van der Waals surface area contributed by atoms with Crippen molar-refractivity contribution in [1.29, 1.82) is 0 Å². The number of hydrogen-bond acceptors (Lipinski definition) is 1. The first-order valence-electron chi connectivity index (χ1n) is 6.56. The van der Waals surface area contributed by atoms with Crippen LogP contribution in [0.3, 0.4) is 0 Å². The summed E-state index contributed by atoms with van der Waals surface area (Å²) in [7, 11) is 2.07. The van der Waals surface area contributed by atoms with Crippen molar-refractivity contribution in [1.82, 2.24) is 5.32 Å². The van der Waals surface area contributed by atoms with Crippen molar-refractivity contribution in [3.63, 3.8) is 0 Å². The molecule has 1 unspecified atom stereocenters. The van der Waals surface area contributed by atoms with Gasteiger partial charge < -0.3 is 5.32 Å². The van der Waals surface area contributed by atoms with Crippen molar-refractivity contribution in [3.05, 3.63) is 34.9 Å². The Labute approximate surface area is 107 Å². The van der Waals surface area contributed by atoms with Crippen molar-refractivity contribution < 1.29 is 0 Å². The minimum Gasteiger partial charge on any atom is -0.317 e. The Bertz CT molecular complexity index is 340. The van der Waals surface area contributed by atoms with Crippen molar-refractivity contribution in [2.75, 3.05) is 7.05 Å². The molecular formula is C16H27N. The lowest BCUT2D eigenvalue weighted by molar-refractivity contribution is 0.315. The highest BCUT2D eigenvalue weighted by Gasteiger charge is 2.18. The molecule has 1 aromatic rings. The Morgan fingerprint density at radius 3 is 2.06 bits per heavy atom. The van der Waals surface area contributed by atoms with Crippen LogP contribution in [0.1, 0.15) is 43.9 Å². The van der Waals surface area contributed by atoms with E-state index in [1.54, 1.807) is 0 Å². The van der Waals surface area contributed by atoms with E-state index in [1.807, 2.05) is 0 Å². The predicted octanol–water partition coefficient (Wildman–Crippen LogP) is 3.87. The largest absolute Gasteiger partial charge is 0.317 e. The van der Waals surface area contributed by atoms with Gasteiger partial charge in [0, 0.05) is 6.04 Å². The molecule has 0 aliphatic heterocycles. The molecule has 0 spiro atoms. The van der Waals surface area contributed by atoms with E-state index < -0.39 is 0 Å². The minimum atomic E-state index is 0.379. The summed E-state index contributed by atoms with van der Waals surface area (Å²) in [5.74, 6) is 0. The third-order valence-corrected chi connectivity index (χ3v) is 3.36. The average Bonchev–Trinajstić information content (AvgIpc) is 2.20. The summed E-state index contributed by atoms with van der Waals surface area (Å²) in [4.78, 5) is 0.